The maximum absolute atomic E-state index is 5.94. The lowest BCUT2D eigenvalue weighted by Gasteiger charge is -2.09. The minimum absolute atomic E-state index is 0.436. The van der Waals surface area contributed by atoms with E-state index in [9.17, 15) is 0 Å². The molecule has 0 aliphatic heterocycles. The summed E-state index contributed by atoms with van der Waals surface area (Å²) >= 11 is 3.60. The molecule has 3 heteroatoms. The first-order valence-corrected chi connectivity index (χ1v) is 7.48. The quantitative estimate of drug-likeness (QED) is 0.873. The van der Waals surface area contributed by atoms with E-state index in [0.717, 1.165) is 34.5 Å². The molecule has 0 amide bonds. The average Bonchev–Trinajstić information content (AvgIpc) is 2.77. The molecule has 0 bridgehead atoms. The van der Waals surface area contributed by atoms with E-state index < -0.39 is 0 Å². The van der Waals surface area contributed by atoms with Crippen LogP contribution in [-0.2, 0) is 6.42 Å². The summed E-state index contributed by atoms with van der Waals surface area (Å²) < 4.78 is 7.01. The molecule has 1 N–H and O–H groups in total. The van der Waals surface area contributed by atoms with Crippen molar-refractivity contribution < 1.29 is 4.42 Å². The summed E-state index contributed by atoms with van der Waals surface area (Å²) in [6.45, 7) is 7.36. The minimum atomic E-state index is 0.436. The van der Waals surface area contributed by atoms with Crippen molar-refractivity contribution in [3.8, 4) is 11.3 Å². The molecule has 2 aromatic rings. The molecule has 1 aromatic carbocycles. The third kappa shape index (κ3) is 3.71. The van der Waals surface area contributed by atoms with Gasteiger partial charge < -0.3 is 9.73 Å². The number of hydrogen-bond donors (Lipinski definition) is 1. The van der Waals surface area contributed by atoms with Crippen molar-refractivity contribution in [3.05, 3.63) is 46.1 Å². The predicted octanol–water partition coefficient (Wildman–Crippen LogP) is 4.56. The molecule has 102 valence electrons. The van der Waals surface area contributed by atoms with Gasteiger partial charge in [0.25, 0.3) is 0 Å². The summed E-state index contributed by atoms with van der Waals surface area (Å²) in [6.07, 6.45) is 0.914. The lowest BCUT2D eigenvalue weighted by Crippen LogP contribution is -2.27. The Morgan fingerprint density at radius 1 is 1.26 bits per heavy atom. The monoisotopic (exact) mass is 321 g/mol. The van der Waals surface area contributed by atoms with Crippen molar-refractivity contribution in [1.82, 2.24) is 5.32 Å². The van der Waals surface area contributed by atoms with Gasteiger partial charge in [-0.1, -0.05) is 28.9 Å². The number of rotatable bonds is 5. The largest absolute Gasteiger partial charge is 0.461 e. The van der Waals surface area contributed by atoms with Crippen molar-refractivity contribution in [3.63, 3.8) is 0 Å². The normalized spacial score (nSPS) is 12.6. The first kappa shape index (κ1) is 14.4. The van der Waals surface area contributed by atoms with E-state index in [0.29, 0.717) is 6.04 Å². The summed E-state index contributed by atoms with van der Waals surface area (Å²) in [4.78, 5) is 0. The van der Waals surface area contributed by atoms with Gasteiger partial charge in [-0.15, -0.1) is 0 Å². The fourth-order valence-electron chi connectivity index (χ4n) is 2.17. The molecule has 19 heavy (non-hydrogen) atoms. The van der Waals surface area contributed by atoms with E-state index in [1.54, 1.807) is 0 Å². The van der Waals surface area contributed by atoms with Crippen LogP contribution in [0.25, 0.3) is 11.3 Å². The van der Waals surface area contributed by atoms with Crippen LogP contribution in [0.15, 0.2) is 39.2 Å². The van der Waals surface area contributed by atoms with Crippen molar-refractivity contribution in [2.24, 2.45) is 0 Å². The van der Waals surface area contributed by atoms with Gasteiger partial charge in [0.1, 0.15) is 11.5 Å². The fraction of sp³-hybridized carbons (Fsp3) is 0.375. The smallest absolute Gasteiger partial charge is 0.135 e. The van der Waals surface area contributed by atoms with Crippen LogP contribution in [0.1, 0.15) is 25.2 Å². The molecule has 1 atom stereocenters. The van der Waals surface area contributed by atoms with Crippen molar-refractivity contribution >= 4 is 15.9 Å². The molecule has 0 spiro atoms. The Kier molecular flexibility index (Phi) is 4.83. The van der Waals surface area contributed by atoms with E-state index in [1.807, 2.05) is 6.07 Å². The van der Waals surface area contributed by atoms with Gasteiger partial charge in [-0.05, 0) is 50.2 Å². The Morgan fingerprint density at radius 2 is 2.05 bits per heavy atom. The molecule has 0 radical (unpaired) electrons. The van der Waals surface area contributed by atoms with E-state index in [1.165, 1.54) is 5.56 Å². The third-order valence-electron chi connectivity index (χ3n) is 3.11. The molecule has 0 aliphatic carbocycles. The zero-order valence-electron chi connectivity index (χ0n) is 11.7. The number of furan rings is 1. The second kappa shape index (κ2) is 6.40. The molecule has 1 unspecified atom stereocenters. The van der Waals surface area contributed by atoms with Gasteiger partial charge in [0.15, 0.2) is 0 Å². The Morgan fingerprint density at radius 3 is 2.74 bits per heavy atom. The lowest BCUT2D eigenvalue weighted by atomic mass is 10.1. The molecule has 0 saturated heterocycles. The molecule has 1 heterocycles. The lowest BCUT2D eigenvalue weighted by molar-refractivity contribution is 0.470. The van der Waals surface area contributed by atoms with Crippen LogP contribution in [-0.4, -0.2) is 12.6 Å². The first-order chi connectivity index (χ1) is 9.10. The van der Waals surface area contributed by atoms with Gasteiger partial charge in [-0.3, -0.25) is 0 Å². The molecule has 0 saturated carbocycles. The van der Waals surface area contributed by atoms with E-state index in [2.05, 4.69) is 66.3 Å². The number of benzene rings is 1. The van der Waals surface area contributed by atoms with Gasteiger partial charge in [-0.2, -0.15) is 0 Å². The van der Waals surface area contributed by atoms with Gasteiger partial charge >= 0.3 is 0 Å². The predicted molar refractivity (Wildman–Crippen MR) is 83.4 cm³/mol. The van der Waals surface area contributed by atoms with Gasteiger partial charge in [-0.25, -0.2) is 0 Å². The Balaban J connectivity index is 2.16. The number of nitrogens with one attached hydrogen (secondary N) is 1. The first-order valence-electron chi connectivity index (χ1n) is 6.68. The van der Waals surface area contributed by atoms with Gasteiger partial charge in [0, 0.05) is 22.5 Å². The zero-order valence-corrected chi connectivity index (χ0v) is 13.3. The zero-order chi connectivity index (χ0) is 13.8. The van der Waals surface area contributed by atoms with E-state index in [-0.39, 0.29) is 0 Å². The van der Waals surface area contributed by atoms with Gasteiger partial charge in [0.05, 0.1) is 0 Å². The summed E-state index contributed by atoms with van der Waals surface area (Å²) in [5, 5.41) is 3.39. The van der Waals surface area contributed by atoms with Crippen LogP contribution in [0, 0.1) is 6.92 Å². The summed E-state index contributed by atoms with van der Waals surface area (Å²) in [6, 6.07) is 10.8. The average molecular weight is 322 g/mol. The van der Waals surface area contributed by atoms with Crippen LogP contribution in [0.2, 0.25) is 0 Å². The second-order valence-electron chi connectivity index (χ2n) is 4.91. The minimum Gasteiger partial charge on any atom is -0.461 e. The molecule has 2 nitrogen and oxygen atoms in total. The van der Waals surface area contributed by atoms with E-state index in [4.69, 9.17) is 4.42 Å². The van der Waals surface area contributed by atoms with Crippen LogP contribution in [0.3, 0.4) is 0 Å². The number of halogens is 1. The Hall–Kier alpha value is -1.06. The Bertz CT molecular complexity index is 547. The SMILES string of the molecule is CCNC(C)Cc1ccc(-c2ccc(C)cc2Br)o1. The maximum Gasteiger partial charge on any atom is 0.135 e. The highest BCUT2D eigenvalue weighted by Crippen LogP contribution is 2.30. The highest BCUT2D eigenvalue weighted by atomic mass is 79.9. The highest BCUT2D eigenvalue weighted by Gasteiger charge is 2.10. The van der Waals surface area contributed by atoms with Gasteiger partial charge in [0.2, 0.25) is 0 Å². The van der Waals surface area contributed by atoms with Crippen LogP contribution >= 0.6 is 15.9 Å². The third-order valence-corrected chi connectivity index (χ3v) is 3.77. The number of hydrogen-bond acceptors (Lipinski definition) is 2. The highest BCUT2D eigenvalue weighted by molar-refractivity contribution is 9.10. The molecular weight excluding hydrogens is 302 g/mol. The van der Waals surface area contributed by atoms with Crippen molar-refractivity contribution in [2.45, 2.75) is 33.2 Å². The van der Waals surface area contributed by atoms with Crippen molar-refractivity contribution in [2.75, 3.05) is 6.54 Å². The maximum atomic E-state index is 5.94. The topological polar surface area (TPSA) is 25.2 Å². The molecule has 0 aliphatic rings. The summed E-state index contributed by atoms with van der Waals surface area (Å²) in [7, 11) is 0. The summed E-state index contributed by atoms with van der Waals surface area (Å²) in [5.41, 5.74) is 2.34. The summed E-state index contributed by atoms with van der Waals surface area (Å²) in [5.74, 6) is 1.95. The Labute approximate surface area is 123 Å². The molecular formula is C16H20BrNO. The van der Waals surface area contributed by atoms with E-state index >= 15 is 0 Å². The number of likely N-dealkylation sites (N-methyl/N-ethyl adjacent to an activating group) is 1. The standard InChI is InChI=1S/C16H20BrNO/c1-4-18-12(3)10-13-6-8-16(19-13)14-7-5-11(2)9-15(14)17/h5-9,12,18H,4,10H2,1-3H3. The van der Waals surface area contributed by atoms with Crippen LogP contribution < -0.4 is 5.32 Å². The molecule has 2 rings (SSSR count). The van der Waals surface area contributed by atoms with Crippen LogP contribution in [0.5, 0.6) is 0 Å². The molecule has 0 fully saturated rings. The van der Waals surface area contributed by atoms with Crippen molar-refractivity contribution in [1.29, 1.82) is 0 Å². The fourth-order valence-corrected chi connectivity index (χ4v) is 2.86. The van der Waals surface area contributed by atoms with Crippen LogP contribution in [0.4, 0.5) is 0 Å². The second-order valence-corrected chi connectivity index (χ2v) is 5.77. The molecule has 1 aromatic heterocycles. The number of aryl methyl sites for hydroxylation is 1.